The summed E-state index contributed by atoms with van der Waals surface area (Å²) in [6.45, 7) is 0. The first-order valence-corrected chi connectivity index (χ1v) is 5.83. The van der Waals surface area contributed by atoms with E-state index in [-0.39, 0.29) is 5.69 Å². The molecule has 0 saturated carbocycles. The Morgan fingerprint density at radius 2 is 1.72 bits per heavy atom. The Hall–Kier alpha value is -1.69. The van der Waals surface area contributed by atoms with Gasteiger partial charge in [0.15, 0.2) is 0 Å². The first-order chi connectivity index (χ1) is 8.47. The number of nitrogen functional groups attached to an aromatic ring is 1. The predicted molar refractivity (Wildman–Crippen MR) is 64.2 cm³/mol. The highest BCUT2D eigenvalue weighted by molar-refractivity contribution is 7.99. The van der Waals surface area contributed by atoms with Crippen LogP contribution in [0, 0.1) is 0 Å². The maximum atomic E-state index is 12.5. The highest BCUT2D eigenvalue weighted by Crippen LogP contribution is 2.36. The molecule has 0 saturated heterocycles. The van der Waals surface area contributed by atoms with Crippen molar-refractivity contribution in [3.63, 3.8) is 0 Å². The van der Waals surface area contributed by atoms with Crippen LogP contribution in [-0.2, 0) is 6.18 Å². The van der Waals surface area contributed by atoms with Crippen molar-refractivity contribution in [1.29, 1.82) is 0 Å². The molecule has 0 fully saturated rings. The van der Waals surface area contributed by atoms with Gasteiger partial charge in [0.1, 0.15) is 0 Å². The summed E-state index contributed by atoms with van der Waals surface area (Å²) >= 11 is 1.30. The normalized spacial score (nSPS) is 11.5. The molecule has 0 atom stereocenters. The quantitative estimate of drug-likeness (QED) is 0.843. The van der Waals surface area contributed by atoms with Crippen LogP contribution >= 0.6 is 11.8 Å². The number of aromatic nitrogens is 1. The third-order valence-corrected chi connectivity index (χ3v) is 3.31. The fourth-order valence-corrected chi connectivity index (χ4v) is 2.18. The molecule has 0 bridgehead atoms. The van der Waals surface area contributed by atoms with Gasteiger partial charge in [-0.3, -0.25) is 4.98 Å². The molecular weight excluding hydrogens is 261 g/mol. The summed E-state index contributed by atoms with van der Waals surface area (Å²) in [5, 5.41) is 0. The number of hydrogen-bond acceptors (Lipinski definition) is 3. The number of anilines is 1. The van der Waals surface area contributed by atoms with Crippen LogP contribution < -0.4 is 5.73 Å². The van der Waals surface area contributed by atoms with Crippen molar-refractivity contribution < 1.29 is 13.2 Å². The first kappa shape index (κ1) is 12.8. The summed E-state index contributed by atoms with van der Waals surface area (Å²) in [5.74, 6) is 0. The second-order valence-electron chi connectivity index (χ2n) is 3.54. The molecule has 6 heteroatoms. The van der Waals surface area contributed by atoms with Crippen LogP contribution in [-0.4, -0.2) is 4.98 Å². The van der Waals surface area contributed by atoms with Crippen molar-refractivity contribution >= 4 is 17.4 Å². The van der Waals surface area contributed by atoms with E-state index in [4.69, 9.17) is 5.73 Å². The molecule has 1 aromatic carbocycles. The summed E-state index contributed by atoms with van der Waals surface area (Å²) < 4.78 is 37.4. The number of rotatable bonds is 2. The molecule has 1 heterocycles. The van der Waals surface area contributed by atoms with Gasteiger partial charge in [-0.25, -0.2) is 0 Å². The maximum absolute atomic E-state index is 12.5. The third-order valence-electron chi connectivity index (χ3n) is 2.21. The van der Waals surface area contributed by atoms with Crippen LogP contribution in [0.1, 0.15) is 5.56 Å². The highest BCUT2D eigenvalue weighted by Gasteiger charge is 2.30. The maximum Gasteiger partial charge on any atom is 0.416 e. The predicted octanol–water partition coefficient (Wildman–Crippen LogP) is 3.83. The first-order valence-electron chi connectivity index (χ1n) is 5.01. The van der Waals surface area contributed by atoms with Gasteiger partial charge in [-0.05, 0) is 30.3 Å². The Balaban J connectivity index is 2.26. The summed E-state index contributed by atoms with van der Waals surface area (Å²) in [5.41, 5.74) is 5.01. The largest absolute Gasteiger partial charge is 0.416 e. The Bertz CT molecular complexity index is 541. The molecule has 2 rings (SSSR count). The van der Waals surface area contributed by atoms with Crippen molar-refractivity contribution in [2.75, 3.05) is 5.73 Å². The molecule has 0 aliphatic carbocycles. The SMILES string of the molecule is Nc1cc(C(F)(F)F)ccc1Sc1ccncc1. The number of benzene rings is 1. The monoisotopic (exact) mass is 270 g/mol. The fraction of sp³-hybridized carbons (Fsp3) is 0.0833. The van der Waals surface area contributed by atoms with E-state index in [0.29, 0.717) is 4.90 Å². The van der Waals surface area contributed by atoms with Gasteiger partial charge in [0.25, 0.3) is 0 Å². The Morgan fingerprint density at radius 3 is 2.28 bits per heavy atom. The number of halogens is 3. The minimum Gasteiger partial charge on any atom is -0.398 e. The number of hydrogen-bond donors (Lipinski definition) is 1. The Morgan fingerprint density at radius 1 is 1.06 bits per heavy atom. The van der Waals surface area contributed by atoms with Crippen molar-refractivity contribution in [3.05, 3.63) is 48.3 Å². The van der Waals surface area contributed by atoms with E-state index < -0.39 is 11.7 Å². The lowest BCUT2D eigenvalue weighted by Gasteiger charge is -2.10. The van der Waals surface area contributed by atoms with E-state index in [2.05, 4.69) is 4.98 Å². The minimum atomic E-state index is -4.37. The number of pyridine rings is 1. The van der Waals surface area contributed by atoms with Crippen LogP contribution in [0.25, 0.3) is 0 Å². The Labute approximate surface area is 106 Å². The van der Waals surface area contributed by atoms with Gasteiger partial charge in [-0.2, -0.15) is 13.2 Å². The molecule has 0 spiro atoms. The van der Waals surface area contributed by atoms with Gasteiger partial charge in [-0.15, -0.1) is 0 Å². The molecule has 2 N–H and O–H groups in total. The van der Waals surface area contributed by atoms with Crippen LogP contribution in [0.5, 0.6) is 0 Å². The highest BCUT2D eigenvalue weighted by atomic mass is 32.2. The molecule has 1 aromatic heterocycles. The average Bonchev–Trinajstić information content (AvgIpc) is 2.32. The molecule has 0 aliphatic rings. The van der Waals surface area contributed by atoms with Crippen LogP contribution in [0.15, 0.2) is 52.5 Å². The lowest BCUT2D eigenvalue weighted by Crippen LogP contribution is -2.05. The van der Waals surface area contributed by atoms with Crippen molar-refractivity contribution in [2.24, 2.45) is 0 Å². The van der Waals surface area contributed by atoms with Crippen molar-refractivity contribution in [1.82, 2.24) is 4.98 Å². The minimum absolute atomic E-state index is 0.117. The molecule has 0 unspecified atom stereocenters. The number of nitrogens with zero attached hydrogens (tertiary/aromatic N) is 1. The lowest BCUT2D eigenvalue weighted by molar-refractivity contribution is -0.137. The van der Waals surface area contributed by atoms with Gasteiger partial charge in [-0.1, -0.05) is 11.8 Å². The second kappa shape index (κ2) is 4.89. The van der Waals surface area contributed by atoms with E-state index in [9.17, 15) is 13.2 Å². The lowest BCUT2D eigenvalue weighted by atomic mass is 10.2. The molecule has 2 nitrogen and oxygen atoms in total. The molecule has 94 valence electrons. The molecule has 18 heavy (non-hydrogen) atoms. The zero-order chi connectivity index (χ0) is 13.2. The summed E-state index contributed by atoms with van der Waals surface area (Å²) in [6, 6.07) is 6.89. The van der Waals surface area contributed by atoms with Crippen LogP contribution in [0.2, 0.25) is 0 Å². The number of nitrogens with two attached hydrogens (primary N) is 1. The van der Waals surface area contributed by atoms with Crippen molar-refractivity contribution in [2.45, 2.75) is 16.0 Å². The van der Waals surface area contributed by atoms with Gasteiger partial charge < -0.3 is 5.73 Å². The van der Waals surface area contributed by atoms with Gasteiger partial charge >= 0.3 is 6.18 Å². The van der Waals surface area contributed by atoms with Crippen LogP contribution in [0.3, 0.4) is 0 Å². The summed E-state index contributed by atoms with van der Waals surface area (Å²) in [7, 11) is 0. The summed E-state index contributed by atoms with van der Waals surface area (Å²) in [6.07, 6.45) is -1.14. The standard InChI is InChI=1S/C12H9F3N2S/c13-12(14,15)8-1-2-11(10(16)7-8)18-9-3-5-17-6-4-9/h1-7H,16H2. The van der Waals surface area contributed by atoms with Gasteiger partial charge in [0, 0.05) is 27.9 Å². The molecule has 0 aliphatic heterocycles. The van der Waals surface area contributed by atoms with E-state index in [1.165, 1.54) is 17.8 Å². The van der Waals surface area contributed by atoms with E-state index >= 15 is 0 Å². The topological polar surface area (TPSA) is 38.9 Å². The number of alkyl halides is 3. The third kappa shape index (κ3) is 2.95. The van der Waals surface area contributed by atoms with Gasteiger partial charge in [0.2, 0.25) is 0 Å². The smallest absolute Gasteiger partial charge is 0.398 e. The Kier molecular flexibility index (Phi) is 3.47. The van der Waals surface area contributed by atoms with Crippen LogP contribution in [0.4, 0.5) is 18.9 Å². The average molecular weight is 270 g/mol. The fourth-order valence-electron chi connectivity index (χ4n) is 1.35. The zero-order valence-corrected chi connectivity index (χ0v) is 9.92. The van der Waals surface area contributed by atoms with Crippen molar-refractivity contribution in [3.8, 4) is 0 Å². The summed E-state index contributed by atoms with van der Waals surface area (Å²) in [4.78, 5) is 5.33. The van der Waals surface area contributed by atoms with E-state index in [1.54, 1.807) is 24.5 Å². The zero-order valence-electron chi connectivity index (χ0n) is 9.11. The van der Waals surface area contributed by atoms with E-state index in [0.717, 1.165) is 17.0 Å². The second-order valence-corrected chi connectivity index (χ2v) is 4.65. The molecule has 0 radical (unpaired) electrons. The molecule has 2 aromatic rings. The molecular formula is C12H9F3N2S. The molecule has 0 amide bonds. The van der Waals surface area contributed by atoms with Gasteiger partial charge in [0.05, 0.1) is 5.56 Å². The van der Waals surface area contributed by atoms with E-state index in [1.807, 2.05) is 0 Å².